The Labute approximate surface area is 131 Å². The molecule has 114 valence electrons. The van der Waals surface area contributed by atoms with Gasteiger partial charge >= 0.3 is 0 Å². The SMILES string of the molecule is Cn1cc(-n2ccc(=O)c(Cc3ccc4nccn4c3)n2)cn1. The molecule has 4 rings (SSSR count). The third-order valence-electron chi connectivity index (χ3n) is 3.66. The summed E-state index contributed by atoms with van der Waals surface area (Å²) >= 11 is 0. The third kappa shape index (κ3) is 2.52. The van der Waals surface area contributed by atoms with Gasteiger partial charge in [0.05, 0.1) is 12.4 Å². The van der Waals surface area contributed by atoms with E-state index in [2.05, 4.69) is 15.2 Å². The van der Waals surface area contributed by atoms with Crippen molar-refractivity contribution in [2.45, 2.75) is 6.42 Å². The predicted octanol–water partition coefficient (Wildman–Crippen LogP) is 1.20. The van der Waals surface area contributed by atoms with Crippen LogP contribution in [0.3, 0.4) is 0 Å². The molecule has 0 aliphatic heterocycles. The average Bonchev–Trinajstić information content (AvgIpc) is 3.18. The van der Waals surface area contributed by atoms with Crippen LogP contribution in [0, 0.1) is 0 Å². The van der Waals surface area contributed by atoms with Crippen LogP contribution >= 0.6 is 0 Å². The largest absolute Gasteiger partial charge is 0.307 e. The maximum Gasteiger partial charge on any atom is 0.203 e. The number of hydrogen-bond donors (Lipinski definition) is 0. The smallest absolute Gasteiger partial charge is 0.203 e. The fourth-order valence-corrected chi connectivity index (χ4v) is 2.50. The van der Waals surface area contributed by atoms with Crippen molar-refractivity contribution in [1.82, 2.24) is 28.9 Å². The molecule has 4 heterocycles. The van der Waals surface area contributed by atoms with Crippen molar-refractivity contribution in [3.63, 3.8) is 0 Å². The lowest BCUT2D eigenvalue weighted by Gasteiger charge is -2.06. The van der Waals surface area contributed by atoms with E-state index in [0.29, 0.717) is 12.1 Å². The van der Waals surface area contributed by atoms with E-state index in [4.69, 9.17) is 0 Å². The zero-order valence-corrected chi connectivity index (χ0v) is 12.5. The molecule has 0 spiro atoms. The van der Waals surface area contributed by atoms with Crippen LogP contribution in [-0.2, 0) is 13.5 Å². The van der Waals surface area contributed by atoms with Crippen LogP contribution in [0.2, 0.25) is 0 Å². The summed E-state index contributed by atoms with van der Waals surface area (Å²) in [5.74, 6) is 0. The number of hydrogen-bond acceptors (Lipinski definition) is 4. The Kier molecular flexibility index (Phi) is 3.04. The summed E-state index contributed by atoms with van der Waals surface area (Å²) in [7, 11) is 1.84. The van der Waals surface area contributed by atoms with Crippen LogP contribution in [0.5, 0.6) is 0 Å². The normalized spacial score (nSPS) is 11.2. The molecule has 0 amide bonds. The zero-order valence-electron chi connectivity index (χ0n) is 12.5. The van der Waals surface area contributed by atoms with Gasteiger partial charge in [0.1, 0.15) is 17.0 Å². The van der Waals surface area contributed by atoms with Crippen LogP contribution in [-0.4, -0.2) is 28.9 Å². The fraction of sp³-hybridized carbons (Fsp3) is 0.125. The van der Waals surface area contributed by atoms with Gasteiger partial charge in [-0.25, -0.2) is 9.67 Å². The Morgan fingerprint density at radius 2 is 2.04 bits per heavy atom. The van der Waals surface area contributed by atoms with Crippen molar-refractivity contribution in [2.24, 2.45) is 7.05 Å². The fourth-order valence-electron chi connectivity index (χ4n) is 2.50. The van der Waals surface area contributed by atoms with Crippen LogP contribution < -0.4 is 5.43 Å². The number of fused-ring (bicyclic) bond motifs is 1. The summed E-state index contributed by atoms with van der Waals surface area (Å²) in [4.78, 5) is 16.3. The summed E-state index contributed by atoms with van der Waals surface area (Å²) in [6, 6.07) is 5.42. The molecule has 4 aromatic heterocycles. The summed E-state index contributed by atoms with van der Waals surface area (Å²) < 4.78 is 5.29. The molecule has 0 saturated heterocycles. The highest BCUT2D eigenvalue weighted by molar-refractivity contribution is 5.40. The second kappa shape index (κ2) is 5.20. The Morgan fingerprint density at radius 3 is 2.87 bits per heavy atom. The molecule has 0 N–H and O–H groups in total. The van der Waals surface area contributed by atoms with Crippen LogP contribution in [0.1, 0.15) is 11.3 Å². The molecule has 0 aromatic carbocycles. The predicted molar refractivity (Wildman–Crippen MR) is 84.6 cm³/mol. The molecule has 0 fully saturated rings. The standard InChI is InChI=1S/C16H14N6O/c1-20-11-13(9-18-20)22-6-4-15(23)14(19-22)8-12-2-3-16-17-5-7-21(16)10-12/h2-7,9-11H,8H2,1H3. The highest BCUT2D eigenvalue weighted by Crippen LogP contribution is 2.09. The van der Waals surface area contributed by atoms with Crippen molar-refractivity contribution in [3.8, 4) is 5.69 Å². The highest BCUT2D eigenvalue weighted by Gasteiger charge is 2.07. The van der Waals surface area contributed by atoms with Gasteiger partial charge in [0, 0.05) is 44.3 Å². The molecule has 7 nitrogen and oxygen atoms in total. The van der Waals surface area contributed by atoms with Crippen molar-refractivity contribution in [1.29, 1.82) is 0 Å². The molecular formula is C16H14N6O. The highest BCUT2D eigenvalue weighted by atomic mass is 16.1. The van der Waals surface area contributed by atoms with Gasteiger partial charge in [-0.05, 0) is 11.6 Å². The minimum atomic E-state index is -0.0733. The molecule has 0 aliphatic rings. The minimum Gasteiger partial charge on any atom is -0.307 e. The molecule has 0 unspecified atom stereocenters. The van der Waals surface area contributed by atoms with Crippen molar-refractivity contribution < 1.29 is 0 Å². The molecule has 7 heteroatoms. The topological polar surface area (TPSA) is 70.0 Å². The first-order chi connectivity index (χ1) is 11.2. The second-order valence-electron chi connectivity index (χ2n) is 5.35. The van der Waals surface area contributed by atoms with E-state index in [0.717, 1.165) is 16.9 Å². The Balaban J connectivity index is 1.71. The lowest BCUT2D eigenvalue weighted by Crippen LogP contribution is -2.16. The molecule has 0 radical (unpaired) electrons. The monoisotopic (exact) mass is 306 g/mol. The maximum absolute atomic E-state index is 12.1. The summed E-state index contributed by atoms with van der Waals surface area (Å²) in [5, 5.41) is 8.57. The Hall–Kier alpha value is -3.22. The van der Waals surface area contributed by atoms with E-state index in [9.17, 15) is 4.79 Å². The van der Waals surface area contributed by atoms with E-state index in [-0.39, 0.29) is 5.43 Å². The molecule has 23 heavy (non-hydrogen) atoms. The van der Waals surface area contributed by atoms with E-state index < -0.39 is 0 Å². The van der Waals surface area contributed by atoms with Gasteiger partial charge < -0.3 is 4.40 Å². The Bertz CT molecular complexity index is 1040. The number of imidazole rings is 1. The van der Waals surface area contributed by atoms with E-state index >= 15 is 0 Å². The van der Waals surface area contributed by atoms with Gasteiger partial charge in [-0.3, -0.25) is 9.48 Å². The lowest BCUT2D eigenvalue weighted by atomic mass is 10.1. The van der Waals surface area contributed by atoms with Crippen molar-refractivity contribution >= 4 is 5.65 Å². The average molecular weight is 306 g/mol. The summed E-state index contributed by atoms with van der Waals surface area (Å²) in [5.41, 5.74) is 3.12. The first-order valence-electron chi connectivity index (χ1n) is 7.18. The Morgan fingerprint density at radius 1 is 1.13 bits per heavy atom. The number of rotatable bonds is 3. The second-order valence-corrected chi connectivity index (χ2v) is 5.35. The summed E-state index contributed by atoms with van der Waals surface area (Å²) in [6.45, 7) is 0. The third-order valence-corrected chi connectivity index (χ3v) is 3.66. The van der Waals surface area contributed by atoms with Crippen molar-refractivity contribution in [2.75, 3.05) is 0 Å². The number of pyridine rings is 1. The molecule has 4 aromatic rings. The van der Waals surface area contributed by atoms with Gasteiger partial charge in [-0.15, -0.1) is 0 Å². The van der Waals surface area contributed by atoms with E-state index in [1.54, 1.807) is 28.0 Å². The van der Waals surface area contributed by atoms with Crippen LogP contribution in [0.15, 0.2) is 60.2 Å². The molecule has 0 saturated carbocycles. The molecule has 0 aliphatic carbocycles. The van der Waals surface area contributed by atoms with Crippen LogP contribution in [0.25, 0.3) is 11.3 Å². The zero-order chi connectivity index (χ0) is 15.8. The maximum atomic E-state index is 12.1. The number of aromatic nitrogens is 6. The first-order valence-corrected chi connectivity index (χ1v) is 7.18. The molecular weight excluding hydrogens is 292 g/mol. The van der Waals surface area contributed by atoms with Gasteiger partial charge in [0.2, 0.25) is 5.43 Å². The molecule has 0 bridgehead atoms. The number of aryl methyl sites for hydroxylation is 1. The quantitative estimate of drug-likeness (QED) is 0.570. The first kappa shape index (κ1) is 13.4. The summed E-state index contributed by atoms with van der Waals surface area (Å²) in [6.07, 6.45) is 11.3. The lowest BCUT2D eigenvalue weighted by molar-refractivity contribution is 0.762. The van der Waals surface area contributed by atoms with Gasteiger partial charge in [0.15, 0.2) is 0 Å². The van der Waals surface area contributed by atoms with Crippen LogP contribution in [0.4, 0.5) is 0 Å². The number of nitrogens with zero attached hydrogens (tertiary/aromatic N) is 6. The van der Waals surface area contributed by atoms with E-state index in [1.165, 1.54) is 6.07 Å². The van der Waals surface area contributed by atoms with Gasteiger partial charge in [0.25, 0.3) is 0 Å². The van der Waals surface area contributed by atoms with Gasteiger partial charge in [-0.1, -0.05) is 6.07 Å². The van der Waals surface area contributed by atoms with Crippen molar-refractivity contribution in [3.05, 3.63) is 76.9 Å². The van der Waals surface area contributed by atoms with E-state index in [1.807, 2.05) is 42.2 Å². The molecule has 0 atom stereocenters. The minimum absolute atomic E-state index is 0.0733. The van der Waals surface area contributed by atoms with Gasteiger partial charge in [-0.2, -0.15) is 10.2 Å².